The molecular weight excluding hydrogens is 242 g/mol. The Morgan fingerprint density at radius 1 is 1.33 bits per heavy atom. The lowest BCUT2D eigenvalue weighted by atomic mass is 10.0. The van der Waals surface area contributed by atoms with Crippen LogP contribution in [0.2, 0.25) is 0 Å². The topological polar surface area (TPSA) is 37.8 Å². The van der Waals surface area contributed by atoms with Crippen molar-refractivity contribution in [1.29, 1.82) is 0 Å². The van der Waals surface area contributed by atoms with Gasteiger partial charge in [0.05, 0.1) is 5.75 Å². The van der Waals surface area contributed by atoms with E-state index >= 15 is 0 Å². The van der Waals surface area contributed by atoms with Crippen molar-refractivity contribution in [3.8, 4) is 0 Å². The van der Waals surface area contributed by atoms with Crippen LogP contribution in [0.25, 0.3) is 0 Å². The van der Waals surface area contributed by atoms with Crippen LogP contribution in [-0.2, 0) is 12.3 Å². The standard InChI is InChI=1S/C14H23N3S/c1-11-12(8-15-2)9-16-14(17-11)10-18-13-6-4-3-5-7-13/h9,13,15H,3-8,10H2,1-2H3. The normalized spacial score (nSPS) is 17.0. The van der Waals surface area contributed by atoms with Gasteiger partial charge in [-0.2, -0.15) is 11.8 Å². The van der Waals surface area contributed by atoms with Crippen molar-refractivity contribution in [3.05, 3.63) is 23.3 Å². The number of hydrogen-bond donors (Lipinski definition) is 1. The van der Waals surface area contributed by atoms with Crippen LogP contribution in [0.4, 0.5) is 0 Å². The van der Waals surface area contributed by atoms with E-state index in [1.165, 1.54) is 37.7 Å². The first-order valence-corrected chi connectivity index (χ1v) is 7.92. The van der Waals surface area contributed by atoms with Crippen molar-refractivity contribution in [3.63, 3.8) is 0 Å². The Labute approximate surface area is 114 Å². The van der Waals surface area contributed by atoms with Crippen LogP contribution >= 0.6 is 11.8 Å². The van der Waals surface area contributed by atoms with E-state index in [0.29, 0.717) is 0 Å². The Balaban J connectivity index is 1.87. The second-order valence-corrected chi connectivity index (χ2v) is 6.29. The highest BCUT2D eigenvalue weighted by Gasteiger charge is 2.14. The van der Waals surface area contributed by atoms with E-state index in [1.54, 1.807) is 0 Å². The summed E-state index contributed by atoms with van der Waals surface area (Å²) < 4.78 is 0. The minimum Gasteiger partial charge on any atom is -0.316 e. The molecule has 2 rings (SSSR count). The van der Waals surface area contributed by atoms with Crippen molar-refractivity contribution in [1.82, 2.24) is 15.3 Å². The maximum atomic E-state index is 4.60. The van der Waals surface area contributed by atoms with Crippen molar-refractivity contribution in [2.45, 2.75) is 56.6 Å². The molecule has 1 heterocycles. The summed E-state index contributed by atoms with van der Waals surface area (Å²) in [7, 11) is 1.95. The first kappa shape index (κ1) is 13.8. The molecule has 1 aliphatic rings. The molecule has 1 fully saturated rings. The predicted octanol–water partition coefficient (Wildman–Crippen LogP) is 3.07. The Kier molecular flexibility index (Phi) is 5.45. The molecule has 0 atom stereocenters. The lowest BCUT2D eigenvalue weighted by Crippen LogP contribution is -2.11. The van der Waals surface area contributed by atoms with Gasteiger partial charge in [0.2, 0.25) is 0 Å². The van der Waals surface area contributed by atoms with Crippen LogP contribution in [0.1, 0.15) is 49.2 Å². The quantitative estimate of drug-likeness (QED) is 0.888. The summed E-state index contributed by atoms with van der Waals surface area (Å²) in [6.45, 7) is 2.92. The zero-order chi connectivity index (χ0) is 12.8. The molecule has 0 spiro atoms. The van der Waals surface area contributed by atoms with Gasteiger partial charge in [0.15, 0.2) is 0 Å². The van der Waals surface area contributed by atoms with E-state index in [0.717, 1.165) is 29.1 Å². The molecule has 0 bridgehead atoms. The summed E-state index contributed by atoms with van der Waals surface area (Å²) in [5.74, 6) is 1.95. The zero-order valence-corrected chi connectivity index (χ0v) is 12.2. The Morgan fingerprint density at radius 2 is 2.11 bits per heavy atom. The molecule has 0 saturated heterocycles. The average molecular weight is 265 g/mol. The minimum atomic E-state index is 0.833. The smallest absolute Gasteiger partial charge is 0.138 e. The first-order valence-electron chi connectivity index (χ1n) is 6.87. The highest BCUT2D eigenvalue weighted by atomic mass is 32.2. The van der Waals surface area contributed by atoms with Gasteiger partial charge in [0.1, 0.15) is 5.82 Å². The van der Waals surface area contributed by atoms with Crippen LogP contribution in [0.15, 0.2) is 6.20 Å². The van der Waals surface area contributed by atoms with Gasteiger partial charge in [0.25, 0.3) is 0 Å². The molecule has 0 unspecified atom stereocenters. The summed E-state index contributed by atoms with van der Waals surface area (Å²) >= 11 is 2.04. The fraction of sp³-hybridized carbons (Fsp3) is 0.714. The van der Waals surface area contributed by atoms with Gasteiger partial charge < -0.3 is 5.32 Å². The van der Waals surface area contributed by atoms with Crippen LogP contribution in [0.5, 0.6) is 0 Å². The lowest BCUT2D eigenvalue weighted by Gasteiger charge is -2.20. The second kappa shape index (κ2) is 7.10. The van der Waals surface area contributed by atoms with Gasteiger partial charge in [-0.15, -0.1) is 0 Å². The van der Waals surface area contributed by atoms with Crippen molar-refractivity contribution in [2.75, 3.05) is 7.05 Å². The molecule has 1 aliphatic carbocycles. The highest BCUT2D eigenvalue weighted by molar-refractivity contribution is 7.99. The fourth-order valence-corrected chi connectivity index (χ4v) is 3.59. The largest absolute Gasteiger partial charge is 0.316 e. The second-order valence-electron chi connectivity index (χ2n) is 5.00. The summed E-state index contributed by atoms with van der Waals surface area (Å²) in [6.07, 6.45) is 8.95. The van der Waals surface area contributed by atoms with E-state index in [9.17, 15) is 0 Å². The number of rotatable bonds is 5. The molecule has 18 heavy (non-hydrogen) atoms. The van der Waals surface area contributed by atoms with Crippen molar-refractivity contribution < 1.29 is 0 Å². The summed E-state index contributed by atoms with van der Waals surface area (Å²) in [5, 5.41) is 3.98. The van der Waals surface area contributed by atoms with Gasteiger partial charge in [-0.05, 0) is 26.8 Å². The monoisotopic (exact) mass is 265 g/mol. The highest BCUT2D eigenvalue weighted by Crippen LogP contribution is 2.29. The molecule has 0 radical (unpaired) electrons. The molecule has 1 saturated carbocycles. The third kappa shape index (κ3) is 3.95. The van der Waals surface area contributed by atoms with E-state index in [-0.39, 0.29) is 0 Å². The Morgan fingerprint density at radius 3 is 2.78 bits per heavy atom. The SMILES string of the molecule is CNCc1cnc(CSC2CCCCC2)nc1C. The number of nitrogens with one attached hydrogen (secondary N) is 1. The fourth-order valence-electron chi connectivity index (χ4n) is 2.40. The van der Waals surface area contributed by atoms with E-state index in [4.69, 9.17) is 0 Å². The van der Waals surface area contributed by atoms with Gasteiger partial charge in [-0.3, -0.25) is 0 Å². The maximum Gasteiger partial charge on any atom is 0.138 e. The molecule has 0 aliphatic heterocycles. The van der Waals surface area contributed by atoms with Crippen LogP contribution in [0.3, 0.4) is 0 Å². The number of aromatic nitrogens is 2. The number of hydrogen-bond acceptors (Lipinski definition) is 4. The molecule has 0 aromatic carbocycles. The first-order chi connectivity index (χ1) is 8.79. The zero-order valence-electron chi connectivity index (χ0n) is 11.4. The number of thioether (sulfide) groups is 1. The minimum absolute atomic E-state index is 0.833. The van der Waals surface area contributed by atoms with Crippen LogP contribution in [-0.4, -0.2) is 22.3 Å². The van der Waals surface area contributed by atoms with E-state index < -0.39 is 0 Å². The van der Waals surface area contributed by atoms with Gasteiger partial charge in [0, 0.05) is 29.2 Å². The molecular formula is C14H23N3S. The summed E-state index contributed by atoms with van der Waals surface area (Å²) in [4.78, 5) is 9.07. The molecule has 3 nitrogen and oxygen atoms in total. The average Bonchev–Trinajstić information content (AvgIpc) is 2.41. The van der Waals surface area contributed by atoms with Crippen LogP contribution in [0, 0.1) is 6.92 Å². The van der Waals surface area contributed by atoms with Gasteiger partial charge in [-0.1, -0.05) is 19.3 Å². The molecule has 4 heteroatoms. The van der Waals surface area contributed by atoms with E-state index in [2.05, 4.69) is 22.2 Å². The predicted molar refractivity (Wildman–Crippen MR) is 77.7 cm³/mol. The summed E-state index contributed by atoms with van der Waals surface area (Å²) in [5.41, 5.74) is 2.31. The van der Waals surface area contributed by atoms with Crippen LogP contribution < -0.4 is 5.32 Å². The molecule has 100 valence electrons. The van der Waals surface area contributed by atoms with E-state index in [1.807, 2.05) is 25.0 Å². The summed E-state index contributed by atoms with van der Waals surface area (Å²) in [6, 6.07) is 0. The molecule has 1 aromatic rings. The van der Waals surface area contributed by atoms with Crippen molar-refractivity contribution in [2.24, 2.45) is 0 Å². The molecule has 0 amide bonds. The third-order valence-electron chi connectivity index (χ3n) is 3.50. The molecule has 1 aromatic heterocycles. The van der Waals surface area contributed by atoms with Gasteiger partial charge >= 0.3 is 0 Å². The maximum absolute atomic E-state index is 4.60. The number of aryl methyl sites for hydroxylation is 1. The Bertz CT molecular complexity index is 375. The Hall–Kier alpha value is -0.610. The third-order valence-corrected chi connectivity index (χ3v) is 4.87. The lowest BCUT2D eigenvalue weighted by molar-refractivity contribution is 0.516. The molecule has 1 N–H and O–H groups in total. The number of nitrogens with zero attached hydrogens (tertiary/aromatic N) is 2. The van der Waals surface area contributed by atoms with Crippen molar-refractivity contribution >= 4 is 11.8 Å². The van der Waals surface area contributed by atoms with Gasteiger partial charge in [-0.25, -0.2) is 9.97 Å².